The largest absolute Gasteiger partial charge is 0.493 e. The molecule has 0 unspecified atom stereocenters. The number of aryl methyl sites for hydroxylation is 3. The summed E-state index contributed by atoms with van der Waals surface area (Å²) in [5, 5.41) is 58.2. The van der Waals surface area contributed by atoms with Crippen molar-refractivity contribution < 1.29 is 74.0 Å². The maximum atomic E-state index is 11.6. The lowest BCUT2D eigenvalue weighted by Crippen LogP contribution is -2.08. The van der Waals surface area contributed by atoms with Crippen LogP contribution in [-0.2, 0) is 51.6 Å². The highest BCUT2D eigenvalue weighted by Gasteiger charge is 2.22. The van der Waals surface area contributed by atoms with Gasteiger partial charge >= 0.3 is 21.2 Å². The van der Waals surface area contributed by atoms with Crippen LogP contribution in [0.3, 0.4) is 0 Å². The van der Waals surface area contributed by atoms with Crippen LogP contribution >= 0.6 is 46.7 Å². The van der Waals surface area contributed by atoms with E-state index in [1.54, 1.807) is 94.4 Å². The van der Waals surface area contributed by atoms with Crippen LogP contribution in [0.1, 0.15) is 47.1 Å². The Hall–Kier alpha value is -7.21. The van der Waals surface area contributed by atoms with Crippen LogP contribution < -0.4 is 4.74 Å². The van der Waals surface area contributed by atoms with E-state index in [0.29, 0.717) is 76.5 Å². The number of nitriles is 1. The Kier molecular flexibility index (Phi) is 25.4. The minimum absolute atomic E-state index is 0.0263. The molecule has 0 spiro atoms. The van der Waals surface area contributed by atoms with Gasteiger partial charge in [-0.15, -0.1) is 74.3 Å². The van der Waals surface area contributed by atoms with E-state index >= 15 is 0 Å². The second-order valence-electron chi connectivity index (χ2n) is 17.6. The van der Waals surface area contributed by atoms with Gasteiger partial charge in [-0.1, -0.05) is 35.3 Å². The average Bonchev–Trinajstić information content (AvgIpc) is 1.64. The zero-order valence-electron chi connectivity index (χ0n) is 45.0. The fourth-order valence-electron chi connectivity index (χ4n) is 7.37. The zero-order valence-corrected chi connectivity index (χ0v) is 52.2. The van der Waals surface area contributed by atoms with Crippen molar-refractivity contribution in [2.24, 2.45) is 40.9 Å². The highest BCUT2D eigenvalue weighted by Crippen LogP contribution is 2.44. The smallest absolute Gasteiger partial charge is 0.425 e. The number of pyridine rings is 1. The van der Waals surface area contributed by atoms with Crippen LogP contribution in [0.15, 0.2) is 130 Å². The van der Waals surface area contributed by atoms with Gasteiger partial charge in [0.2, 0.25) is 5.88 Å². The molecule has 2 aromatic heterocycles. The molecule has 7 aromatic rings. The molecule has 0 radical (unpaired) electrons. The molecular formula is C49H47Cl2N11O17S7. The molecule has 0 atom stereocenters. The average molecular weight is 1360 g/mol. The summed E-state index contributed by atoms with van der Waals surface area (Å²) in [7, 11) is -19.0. The van der Waals surface area contributed by atoms with E-state index in [9.17, 15) is 49.3 Å². The third-order valence-corrected chi connectivity index (χ3v) is 16.5. The molecule has 2 heterocycles. The highest BCUT2D eigenvalue weighted by molar-refractivity contribution is 7.99. The van der Waals surface area contributed by atoms with E-state index in [4.69, 9.17) is 53.2 Å². The summed E-state index contributed by atoms with van der Waals surface area (Å²) in [4.78, 5) is 5.60. The minimum Gasteiger partial charge on any atom is -0.493 e. The number of aromatic hydroxyl groups is 1. The second kappa shape index (κ2) is 31.4. The van der Waals surface area contributed by atoms with Gasteiger partial charge in [-0.25, -0.2) is 4.98 Å². The lowest BCUT2D eigenvalue weighted by molar-refractivity contribution is 0.317. The lowest BCUT2D eigenvalue weighted by atomic mass is 10.1. The van der Waals surface area contributed by atoms with Crippen LogP contribution in [0, 0.1) is 39.0 Å². The number of halogens is 2. The molecular weight excluding hydrogens is 1310 g/mol. The van der Waals surface area contributed by atoms with E-state index < -0.39 is 68.8 Å². The van der Waals surface area contributed by atoms with E-state index in [1.165, 1.54) is 40.1 Å². The molecule has 0 aliphatic heterocycles. The molecule has 0 aliphatic rings. The van der Waals surface area contributed by atoms with E-state index in [1.807, 2.05) is 0 Å². The number of azo groups is 4. The molecule has 0 fully saturated rings. The number of nitrogens with zero attached hydrogens (tertiary/aromatic N) is 11. The summed E-state index contributed by atoms with van der Waals surface area (Å²) >= 11 is 14.9. The second-order valence-corrected chi connectivity index (χ2v) is 26.3. The standard InChI is InChI=1S/C49H47Cl2N11O11S5.2O3S/c1-28-20-40(58-61-47-31(4)33(27-52)48-53-36-10-5-6-11-43(36)62(48)49(47)63)44(73-14-7-17-76(64,65)66)24-37(28)55-59-41-22-30(3)39(26-46(41)75-16-9-19-78(70,71)72)57-60-42-21-29(2)38(25-45(42)74-15-8-18-77(67,68)69)56-54-35-13-12-32(50)23-34(35)51;2*1-4(2)3/h5-6,10-13,20-26,63H,7-9,14-19H2,1-4H3,(H,64,65,66)(H,67,68,69)(H,70,71,72);;. The van der Waals surface area contributed by atoms with E-state index in [0.717, 1.165) is 0 Å². The summed E-state index contributed by atoms with van der Waals surface area (Å²) in [6, 6.07) is 23.8. The monoisotopic (exact) mass is 1360 g/mol. The van der Waals surface area contributed by atoms with Gasteiger partial charge in [0.05, 0.1) is 68.4 Å². The highest BCUT2D eigenvalue weighted by atomic mass is 35.5. The van der Waals surface area contributed by atoms with Crippen molar-refractivity contribution in [1.29, 1.82) is 5.26 Å². The van der Waals surface area contributed by atoms with Gasteiger partial charge in [0, 0.05) is 26.4 Å². The summed E-state index contributed by atoms with van der Waals surface area (Å²) in [6.45, 7) is 6.67. The van der Waals surface area contributed by atoms with Crippen molar-refractivity contribution in [2.45, 2.75) is 56.7 Å². The molecule has 0 saturated carbocycles. The molecule has 37 heteroatoms. The molecule has 0 amide bonds. The summed E-state index contributed by atoms with van der Waals surface area (Å²) < 4.78 is 155. The van der Waals surface area contributed by atoms with Crippen molar-refractivity contribution in [3.63, 3.8) is 0 Å². The third kappa shape index (κ3) is 21.6. The molecule has 0 aliphatic carbocycles. The number of aromatic nitrogens is 2. The maximum Gasteiger partial charge on any atom is 0.425 e. The number of thioether (sulfide) groups is 2. The van der Waals surface area contributed by atoms with Gasteiger partial charge in [-0.05, 0) is 136 Å². The first-order chi connectivity index (χ1) is 40.3. The summed E-state index contributed by atoms with van der Waals surface area (Å²) in [5.74, 6) is -1.30. The Bertz CT molecular complexity index is 4450. The molecule has 7 rings (SSSR count). The zero-order chi connectivity index (χ0) is 63.7. The normalized spacial score (nSPS) is 12.0. The quantitative estimate of drug-likeness (QED) is 0.0200. The van der Waals surface area contributed by atoms with Gasteiger partial charge in [-0.2, -0.15) is 45.9 Å². The van der Waals surface area contributed by atoms with Crippen molar-refractivity contribution in [2.75, 3.05) is 35.4 Å². The molecule has 4 N–H and O–H groups in total. The van der Waals surface area contributed by atoms with Gasteiger partial charge in [0.1, 0.15) is 28.8 Å². The fourth-order valence-corrected chi connectivity index (χ4v) is 11.6. The maximum absolute atomic E-state index is 11.6. The van der Waals surface area contributed by atoms with Gasteiger partial charge < -0.3 is 9.84 Å². The number of fused-ring (bicyclic) bond motifs is 3. The van der Waals surface area contributed by atoms with Crippen molar-refractivity contribution in [3.05, 3.63) is 117 Å². The molecule has 28 nitrogen and oxygen atoms in total. The number of ether oxygens (including phenoxy) is 1. The SMILES string of the molecule is Cc1cc(N=Nc2cc(SCCCS(=O)(=O)O)c(N=Nc3cc(OCCCS(=O)(=O)O)c(N=Nc4c(C)c(C#N)c5nc6ccccc6n5c4O)cc3C)cc2C)c(SCCCS(=O)(=O)O)cc1N=Nc1ccc(Cl)cc1Cl.O=S(=O)=O.O=S(=O)=O. The Morgan fingerprint density at radius 2 is 1.03 bits per heavy atom. The predicted molar refractivity (Wildman–Crippen MR) is 320 cm³/mol. The van der Waals surface area contributed by atoms with Gasteiger partial charge in [-0.3, -0.25) is 18.1 Å². The third-order valence-electron chi connectivity index (χ3n) is 11.3. The molecule has 456 valence electrons. The van der Waals surface area contributed by atoms with Crippen molar-refractivity contribution >= 4 is 160 Å². The number of imidazole rings is 1. The Labute approximate surface area is 513 Å². The molecule has 5 aromatic carbocycles. The first-order valence-corrected chi connectivity index (χ1v) is 33.8. The van der Waals surface area contributed by atoms with E-state index in [-0.39, 0.29) is 82.3 Å². The predicted octanol–water partition coefficient (Wildman–Crippen LogP) is 12.7. The summed E-state index contributed by atoms with van der Waals surface area (Å²) in [6.07, 6.45) is 0.0919. The Balaban J connectivity index is 0.00000159. The van der Waals surface area contributed by atoms with E-state index in [2.05, 4.69) is 52.0 Å². The molecule has 0 saturated heterocycles. The first kappa shape index (κ1) is 69.6. The Morgan fingerprint density at radius 3 is 1.52 bits per heavy atom. The topological polar surface area (TPSA) is 435 Å². The van der Waals surface area contributed by atoms with Crippen molar-refractivity contribution in [1.82, 2.24) is 9.38 Å². The lowest BCUT2D eigenvalue weighted by Gasteiger charge is -2.12. The van der Waals surface area contributed by atoms with Gasteiger partial charge in [0.15, 0.2) is 11.3 Å². The number of hydrogen-bond donors (Lipinski definition) is 4. The minimum atomic E-state index is -4.32. The molecule has 0 bridgehead atoms. The van der Waals surface area contributed by atoms with Crippen LogP contribution in [0.4, 0.5) is 45.5 Å². The fraction of sp³-hybridized carbons (Fsp3) is 0.265. The number of benzene rings is 5. The summed E-state index contributed by atoms with van der Waals surface area (Å²) in [5.41, 5.74) is 5.86. The first-order valence-electron chi connectivity index (χ1n) is 24.2. The number of para-hydroxylation sites is 2. The van der Waals surface area contributed by atoms with Crippen LogP contribution in [0.5, 0.6) is 11.6 Å². The number of rotatable bonds is 23. The van der Waals surface area contributed by atoms with Crippen LogP contribution in [0.2, 0.25) is 10.0 Å². The van der Waals surface area contributed by atoms with Crippen LogP contribution in [0.25, 0.3) is 16.7 Å². The molecule has 86 heavy (non-hydrogen) atoms. The van der Waals surface area contributed by atoms with Crippen molar-refractivity contribution in [3.8, 4) is 17.7 Å². The van der Waals surface area contributed by atoms with Gasteiger partial charge in [0.25, 0.3) is 30.4 Å². The number of hydrogen-bond acceptors (Lipinski definition) is 26. The van der Waals surface area contributed by atoms with Crippen LogP contribution in [-0.4, -0.2) is 114 Å². The Morgan fingerprint density at radius 1 is 0.593 bits per heavy atom.